The lowest BCUT2D eigenvalue weighted by Gasteiger charge is -2.16. The molecule has 2 aromatic carbocycles. The summed E-state index contributed by atoms with van der Waals surface area (Å²) < 4.78 is 14.7. The summed E-state index contributed by atoms with van der Waals surface area (Å²) in [4.78, 5) is 29.7. The van der Waals surface area contributed by atoms with Crippen molar-refractivity contribution in [3.05, 3.63) is 63.7 Å². The molecule has 0 aliphatic heterocycles. The van der Waals surface area contributed by atoms with Gasteiger partial charge in [-0.15, -0.1) is 0 Å². The van der Waals surface area contributed by atoms with Crippen LogP contribution in [0.5, 0.6) is 5.75 Å². The lowest BCUT2D eigenvalue weighted by molar-refractivity contribution is -0.150. The first-order valence-corrected chi connectivity index (χ1v) is 13.3. The maximum Gasteiger partial charge on any atom is 0.347 e. The van der Waals surface area contributed by atoms with Crippen LogP contribution in [0.2, 0.25) is 0 Å². The minimum absolute atomic E-state index is 0.214. The van der Waals surface area contributed by atoms with E-state index in [4.69, 9.17) is 9.47 Å². The third kappa shape index (κ3) is 6.32. The molecule has 0 aliphatic carbocycles. The first-order valence-electron chi connectivity index (χ1n) is 10.3. The van der Waals surface area contributed by atoms with Gasteiger partial charge in [-0.25, -0.2) is 9.78 Å². The number of rotatable bonds is 8. The topological polar surface area (TPSA) is 82.8 Å². The largest absolute Gasteiger partial charge is 0.477 e. The second kappa shape index (κ2) is 11.7. The summed E-state index contributed by atoms with van der Waals surface area (Å²) in [5, 5.41) is 4.98. The molecule has 0 amide bonds. The fourth-order valence-electron chi connectivity index (χ4n) is 3.07. The quantitative estimate of drug-likeness (QED) is 0.173. The monoisotopic (exact) mass is 737 g/mol. The van der Waals surface area contributed by atoms with Gasteiger partial charge in [-0.1, -0.05) is 22.9 Å². The molecule has 1 aromatic heterocycles. The van der Waals surface area contributed by atoms with Gasteiger partial charge in [0.25, 0.3) is 5.56 Å². The number of halogens is 3. The summed E-state index contributed by atoms with van der Waals surface area (Å²) in [6, 6.07) is 9.22. The van der Waals surface area contributed by atoms with Gasteiger partial charge in [0.15, 0.2) is 6.10 Å². The molecule has 3 aromatic rings. The third-order valence-electron chi connectivity index (χ3n) is 4.61. The van der Waals surface area contributed by atoms with Gasteiger partial charge < -0.3 is 9.47 Å². The van der Waals surface area contributed by atoms with E-state index >= 15 is 0 Å². The average molecular weight is 738 g/mol. The zero-order valence-electron chi connectivity index (χ0n) is 18.3. The molecule has 174 valence electrons. The van der Waals surface area contributed by atoms with Crippen molar-refractivity contribution in [3.8, 4) is 5.75 Å². The second-order valence-corrected chi connectivity index (χ2v) is 10.4. The van der Waals surface area contributed by atoms with Gasteiger partial charge in [0, 0.05) is 10.9 Å². The van der Waals surface area contributed by atoms with Gasteiger partial charge in [-0.3, -0.25) is 4.79 Å². The fourth-order valence-corrected chi connectivity index (χ4v) is 5.51. The molecule has 0 unspecified atom stereocenters. The van der Waals surface area contributed by atoms with Crippen molar-refractivity contribution in [2.75, 3.05) is 6.61 Å². The molecular weight excluding hydrogens is 716 g/mol. The number of carbonyl (C=O) groups is 1. The van der Waals surface area contributed by atoms with Crippen LogP contribution >= 0.6 is 61.1 Å². The van der Waals surface area contributed by atoms with Crippen molar-refractivity contribution >= 4 is 84.2 Å². The lowest BCUT2D eigenvalue weighted by Crippen LogP contribution is -2.26. The summed E-state index contributed by atoms with van der Waals surface area (Å²) in [6.07, 6.45) is 2.38. The fraction of sp³-hybridized carbons (Fsp3) is 0.304. The minimum Gasteiger partial charge on any atom is -0.477 e. The Kier molecular flexibility index (Phi) is 9.27. The number of benzene rings is 2. The van der Waals surface area contributed by atoms with E-state index in [0.29, 0.717) is 35.5 Å². The molecule has 0 N–H and O–H groups in total. The maximum atomic E-state index is 13.1. The minimum atomic E-state index is -0.718. The Morgan fingerprint density at radius 1 is 1.24 bits per heavy atom. The Morgan fingerprint density at radius 3 is 2.58 bits per heavy atom. The first kappa shape index (κ1) is 26.1. The Labute approximate surface area is 227 Å². The Bertz CT molecular complexity index is 1250. The standard InChI is InChI=1S/C23H22BrI2N3O4/c1-4-6-20-28-19-8-7-15(24)11-16(19)22(30)29(20)27-12-14-9-17(25)21(18(26)10-14)33-13(3)23(31)32-5-2/h7-13H,4-6H2,1-3H3/t13-/m1/s1. The molecule has 10 heteroatoms. The number of nitrogens with zero attached hydrogens (tertiary/aromatic N) is 3. The van der Waals surface area contributed by atoms with Crippen LogP contribution in [-0.4, -0.2) is 34.6 Å². The Morgan fingerprint density at radius 2 is 1.94 bits per heavy atom. The molecule has 7 nitrogen and oxygen atoms in total. The van der Waals surface area contributed by atoms with Gasteiger partial charge in [0.2, 0.25) is 0 Å². The van der Waals surface area contributed by atoms with E-state index in [-0.39, 0.29) is 5.56 Å². The lowest BCUT2D eigenvalue weighted by atomic mass is 10.2. The number of hydrogen-bond acceptors (Lipinski definition) is 6. The van der Waals surface area contributed by atoms with Gasteiger partial charge in [0.05, 0.1) is 30.9 Å². The molecule has 1 atom stereocenters. The summed E-state index contributed by atoms with van der Waals surface area (Å²) in [6.45, 7) is 5.75. The van der Waals surface area contributed by atoms with Crippen molar-refractivity contribution in [1.82, 2.24) is 9.66 Å². The number of fused-ring (bicyclic) bond motifs is 1. The number of hydrogen-bond donors (Lipinski definition) is 0. The molecule has 0 saturated heterocycles. The normalized spacial score (nSPS) is 12.3. The summed E-state index contributed by atoms with van der Waals surface area (Å²) in [5.74, 6) is 0.809. The van der Waals surface area contributed by atoms with Crippen molar-refractivity contribution in [3.63, 3.8) is 0 Å². The third-order valence-corrected chi connectivity index (χ3v) is 6.70. The van der Waals surface area contributed by atoms with Crippen LogP contribution < -0.4 is 10.3 Å². The van der Waals surface area contributed by atoms with Gasteiger partial charge >= 0.3 is 5.97 Å². The highest BCUT2D eigenvalue weighted by molar-refractivity contribution is 14.1. The molecule has 0 fully saturated rings. The maximum absolute atomic E-state index is 13.1. The van der Waals surface area contributed by atoms with E-state index in [1.54, 1.807) is 26.1 Å². The SMILES string of the molecule is CCCc1nc2ccc(Br)cc2c(=O)n1N=Cc1cc(I)c(O[C@H](C)C(=O)OCC)c(I)c1. The van der Waals surface area contributed by atoms with Crippen LogP contribution in [0.1, 0.15) is 38.6 Å². The number of aromatic nitrogens is 2. The Hall–Kier alpha value is -1.54. The van der Waals surface area contributed by atoms with E-state index in [1.165, 1.54) is 4.68 Å². The molecular formula is C23H22BrI2N3O4. The van der Waals surface area contributed by atoms with Crippen LogP contribution in [-0.2, 0) is 16.0 Å². The summed E-state index contributed by atoms with van der Waals surface area (Å²) in [7, 11) is 0. The molecule has 1 heterocycles. The number of ether oxygens (including phenoxy) is 2. The van der Waals surface area contributed by atoms with E-state index in [1.807, 2.05) is 31.2 Å². The molecule has 33 heavy (non-hydrogen) atoms. The first-order chi connectivity index (χ1) is 15.7. The van der Waals surface area contributed by atoms with E-state index in [0.717, 1.165) is 23.6 Å². The highest BCUT2D eigenvalue weighted by Gasteiger charge is 2.19. The van der Waals surface area contributed by atoms with Crippen molar-refractivity contribution < 1.29 is 14.3 Å². The zero-order chi connectivity index (χ0) is 24.1. The summed E-state index contributed by atoms with van der Waals surface area (Å²) in [5.41, 5.74) is 1.23. The van der Waals surface area contributed by atoms with Crippen molar-refractivity contribution in [2.45, 2.75) is 39.7 Å². The van der Waals surface area contributed by atoms with Crippen LogP contribution in [0.25, 0.3) is 10.9 Å². The highest BCUT2D eigenvalue weighted by Crippen LogP contribution is 2.29. The molecule has 3 rings (SSSR count). The molecule has 0 saturated carbocycles. The van der Waals surface area contributed by atoms with Crippen LogP contribution in [0.3, 0.4) is 0 Å². The number of esters is 1. The predicted octanol–water partition coefficient (Wildman–Crippen LogP) is 5.53. The van der Waals surface area contributed by atoms with E-state index in [9.17, 15) is 9.59 Å². The highest BCUT2D eigenvalue weighted by atomic mass is 127. The van der Waals surface area contributed by atoms with E-state index < -0.39 is 12.1 Å². The molecule has 0 bridgehead atoms. The van der Waals surface area contributed by atoms with Gasteiger partial charge in [0.1, 0.15) is 11.6 Å². The zero-order valence-corrected chi connectivity index (χ0v) is 24.2. The summed E-state index contributed by atoms with van der Waals surface area (Å²) >= 11 is 7.73. The van der Waals surface area contributed by atoms with E-state index in [2.05, 4.69) is 71.2 Å². The molecule has 0 aliphatic rings. The molecule has 0 radical (unpaired) electrons. The van der Waals surface area contributed by atoms with Crippen molar-refractivity contribution in [2.24, 2.45) is 5.10 Å². The second-order valence-electron chi connectivity index (χ2n) is 7.13. The van der Waals surface area contributed by atoms with Gasteiger partial charge in [-0.05, 0) is 101 Å². The average Bonchev–Trinajstić information content (AvgIpc) is 2.76. The number of carbonyl (C=O) groups excluding carboxylic acids is 1. The Balaban J connectivity index is 1.96. The smallest absolute Gasteiger partial charge is 0.347 e. The van der Waals surface area contributed by atoms with Crippen LogP contribution in [0.4, 0.5) is 0 Å². The predicted molar refractivity (Wildman–Crippen MR) is 149 cm³/mol. The van der Waals surface area contributed by atoms with Crippen LogP contribution in [0.15, 0.2) is 44.7 Å². The number of aryl methyl sites for hydroxylation is 1. The molecule has 0 spiro atoms. The van der Waals surface area contributed by atoms with Gasteiger partial charge in [-0.2, -0.15) is 9.78 Å². The van der Waals surface area contributed by atoms with Crippen LogP contribution in [0, 0.1) is 7.14 Å². The van der Waals surface area contributed by atoms with Crippen molar-refractivity contribution in [1.29, 1.82) is 0 Å².